The lowest BCUT2D eigenvalue weighted by atomic mass is 10.1. The van der Waals surface area contributed by atoms with Crippen LogP contribution in [0.25, 0.3) is 0 Å². The van der Waals surface area contributed by atoms with Gasteiger partial charge in [0.1, 0.15) is 5.75 Å². The lowest BCUT2D eigenvalue weighted by molar-refractivity contribution is -0.133. The van der Waals surface area contributed by atoms with Gasteiger partial charge >= 0.3 is 0 Å². The Bertz CT molecular complexity index is 643. The molecule has 0 aromatic heterocycles. The number of carbonyl (C=O) groups excluding carboxylic acids is 1. The van der Waals surface area contributed by atoms with E-state index >= 15 is 0 Å². The van der Waals surface area contributed by atoms with E-state index in [1.165, 1.54) is 19.2 Å². The summed E-state index contributed by atoms with van der Waals surface area (Å²) in [5.74, 6) is 0.0427. The molecule has 2 N–H and O–H groups in total. The summed E-state index contributed by atoms with van der Waals surface area (Å²) in [5, 5.41) is 0. The van der Waals surface area contributed by atoms with Crippen molar-refractivity contribution in [2.75, 3.05) is 32.5 Å². The number of hydrogen-bond donors (Lipinski definition) is 1. The van der Waals surface area contributed by atoms with Crippen molar-refractivity contribution in [1.82, 2.24) is 4.90 Å². The van der Waals surface area contributed by atoms with E-state index in [4.69, 9.17) is 10.5 Å². The fourth-order valence-electron chi connectivity index (χ4n) is 2.82. The van der Waals surface area contributed by atoms with Crippen LogP contribution in [0.5, 0.6) is 5.75 Å². The second kappa shape index (κ2) is 7.31. The second-order valence-electron chi connectivity index (χ2n) is 6.03. The molecule has 0 spiro atoms. The Kier molecular flexibility index (Phi) is 5.64. The average molecular weight is 340 g/mol. The fraction of sp³-hybridized carbons (Fsp3) is 0.562. The molecule has 23 heavy (non-hydrogen) atoms. The Morgan fingerprint density at radius 3 is 2.57 bits per heavy atom. The third-order valence-electron chi connectivity index (χ3n) is 4.24. The van der Waals surface area contributed by atoms with E-state index in [2.05, 4.69) is 0 Å². The van der Waals surface area contributed by atoms with Crippen LogP contribution >= 0.6 is 0 Å². The minimum Gasteiger partial charge on any atom is -0.497 e. The molecule has 2 unspecified atom stereocenters. The van der Waals surface area contributed by atoms with Crippen LogP contribution in [-0.4, -0.2) is 51.7 Å². The van der Waals surface area contributed by atoms with Crippen molar-refractivity contribution in [3.05, 3.63) is 24.3 Å². The molecule has 1 aliphatic heterocycles. The Hall–Kier alpha value is -1.60. The summed E-state index contributed by atoms with van der Waals surface area (Å²) < 4.78 is 29.9. The first-order chi connectivity index (χ1) is 10.9. The minimum atomic E-state index is -3.51. The van der Waals surface area contributed by atoms with Gasteiger partial charge in [-0.05, 0) is 43.1 Å². The lowest BCUT2D eigenvalue weighted by Gasteiger charge is -2.21. The van der Waals surface area contributed by atoms with Gasteiger partial charge in [-0.1, -0.05) is 6.92 Å². The molecule has 1 fully saturated rings. The number of amides is 1. The predicted molar refractivity (Wildman–Crippen MR) is 88.0 cm³/mol. The number of nitrogens with two attached hydrogens (primary N) is 1. The van der Waals surface area contributed by atoms with Crippen molar-refractivity contribution in [3.63, 3.8) is 0 Å². The first-order valence-electron chi connectivity index (χ1n) is 7.73. The maximum atomic E-state index is 12.5. The van der Waals surface area contributed by atoms with Crippen molar-refractivity contribution in [2.45, 2.75) is 18.2 Å². The number of ether oxygens (including phenoxy) is 1. The van der Waals surface area contributed by atoms with Crippen LogP contribution in [0.3, 0.4) is 0 Å². The fourth-order valence-corrected chi connectivity index (χ4v) is 4.36. The van der Waals surface area contributed by atoms with E-state index in [0.717, 1.165) is 6.42 Å². The van der Waals surface area contributed by atoms with Gasteiger partial charge in [-0.25, -0.2) is 8.42 Å². The zero-order valence-electron chi connectivity index (χ0n) is 13.6. The van der Waals surface area contributed by atoms with Gasteiger partial charge in [0, 0.05) is 19.0 Å². The van der Waals surface area contributed by atoms with E-state index in [1.54, 1.807) is 24.0 Å². The summed E-state index contributed by atoms with van der Waals surface area (Å²) >= 11 is 0. The SMILES string of the molecule is COc1ccc(S(=O)(=O)CC(C)C(=O)N2CCC(CN)C2)cc1. The second-order valence-corrected chi connectivity index (χ2v) is 8.07. The number of nitrogens with zero attached hydrogens (tertiary/aromatic N) is 1. The van der Waals surface area contributed by atoms with Crippen LogP contribution in [0, 0.1) is 11.8 Å². The maximum absolute atomic E-state index is 12.5. The Balaban J connectivity index is 2.02. The molecule has 1 aliphatic rings. The van der Waals surface area contributed by atoms with Crippen molar-refractivity contribution in [1.29, 1.82) is 0 Å². The van der Waals surface area contributed by atoms with Gasteiger partial charge in [0.05, 0.1) is 17.8 Å². The predicted octanol–water partition coefficient (Wildman–Crippen LogP) is 0.912. The molecule has 6 nitrogen and oxygen atoms in total. The summed E-state index contributed by atoms with van der Waals surface area (Å²) in [5.41, 5.74) is 5.63. The summed E-state index contributed by atoms with van der Waals surface area (Å²) in [4.78, 5) is 14.4. The molecule has 128 valence electrons. The first-order valence-corrected chi connectivity index (χ1v) is 9.38. The number of rotatable bonds is 6. The zero-order valence-corrected chi connectivity index (χ0v) is 14.4. The number of benzene rings is 1. The number of sulfone groups is 1. The van der Waals surface area contributed by atoms with E-state index in [1.807, 2.05) is 0 Å². The topological polar surface area (TPSA) is 89.7 Å². The van der Waals surface area contributed by atoms with Crippen LogP contribution in [0.2, 0.25) is 0 Å². The molecule has 1 aromatic rings. The molecular formula is C16H24N2O4S. The smallest absolute Gasteiger partial charge is 0.226 e. The quantitative estimate of drug-likeness (QED) is 0.831. The summed E-state index contributed by atoms with van der Waals surface area (Å²) in [6, 6.07) is 6.22. The zero-order chi connectivity index (χ0) is 17.0. The highest BCUT2D eigenvalue weighted by Gasteiger charge is 2.31. The summed E-state index contributed by atoms with van der Waals surface area (Å²) in [6.07, 6.45) is 0.889. The first kappa shape index (κ1) is 17.7. The molecule has 0 aliphatic carbocycles. The summed E-state index contributed by atoms with van der Waals surface area (Å²) in [6.45, 7) is 3.51. The highest BCUT2D eigenvalue weighted by Crippen LogP contribution is 2.21. The van der Waals surface area contributed by atoms with Crippen molar-refractivity contribution in [2.24, 2.45) is 17.6 Å². The third-order valence-corrected chi connectivity index (χ3v) is 6.17. The molecular weight excluding hydrogens is 316 g/mol. The van der Waals surface area contributed by atoms with Crippen molar-refractivity contribution >= 4 is 15.7 Å². The van der Waals surface area contributed by atoms with E-state index in [9.17, 15) is 13.2 Å². The molecule has 1 saturated heterocycles. The van der Waals surface area contributed by atoms with Gasteiger partial charge in [0.2, 0.25) is 5.91 Å². The van der Waals surface area contributed by atoms with Crippen molar-refractivity contribution < 1.29 is 17.9 Å². The number of methoxy groups -OCH3 is 1. The number of carbonyl (C=O) groups is 1. The van der Waals surface area contributed by atoms with E-state index < -0.39 is 15.8 Å². The lowest BCUT2D eigenvalue weighted by Crippen LogP contribution is -2.36. The molecule has 1 heterocycles. The number of hydrogen-bond acceptors (Lipinski definition) is 5. The standard InChI is InChI=1S/C16H24N2O4S/c1-12(16(19)18-8-7-13(9-17)10-18)11-23(20,21)15-5-3-14(22-2)4-6-15/h3-6,12-13H,7-11,17H2,1-2H3. The Morgan fingerprint density at radius 1 is 1.39 bits per heavy atom. The van der Waals surface area contributed by atoms with Gasteiger partial charge in [-0.15, -0.1) is 0 Å². The summed E-state index contributed by atoms with van der Waals surface area (Å²) in [7, 11) is -1.98. The molecule has 0 radical (unpaired) electrons. The maximum Gasteiger partial charge on any atom is 0.226 e. The van der Waals surface area contributed by atoms with Gasteiger partial charge in [-0.2, -0.15) is 0 Å². The largest absolute Gasteiger partial charge is 0.497 e. The van der Waals surface area contributed by atoms with Crippen molar-refractivity contribution in [3.8, 4) is 5.75 Å². The highest BCUT2D eigenvalue weighted by molar-refractivity contribution is 7.91. The molecule has 2 rings (SSSR count). The Labute approximate surface area is 137 Å². The van der Waals surface area contributed by atoms with E-state index in [-0.39, 0.29) is 16.6 Å². The minimum absolute atomic E-state index is 0.113. The molecule has 0 bridgehead atoms. The normalized spacial score (nSPS) is 19.6. The van der Waals surface area contributed by atoms with Crippen LogP contribution < -0.4 is 10.5 Å². The number of likely N-dealkylation sites (tertiary alicyclic amines) is 1. The van der Waals surface area contributed by atoms with E-state index in [0.29, 0.717) is 31.3 Å². The van der Waals surface area contributed by atoms with Crippen LogP contribution in [0.4, 0.5) is 0 Å². The van der Waals surface area contributed by atoms with Gasteiger partial charge in [0.15, 0.2) is 9.84 Å². The molecule has 2 atom stereocenters. The highest BCUT2D eigenvalue weighted by atomic mass is 32.2. The molecule has 1 aromatic carbocycles. The van der Waals surface area contributed by atoms with Crippen LogP contribution in [-0.2, 0) is 14.6 Å². The molecule has 0 saturated carbocycles. The third kappa shape index (κ3) is 4.23. The van der Waals surface area contributed by atoms with Crippen LogP contribution in [0.1, 0.15) is 13.3 Å². The molecule has 1 amide bonds. The monoisotopic (exact) mass is 340 g/mol. The average Bonchev–Trinajstić information content (AvgIpc) is 3.02. The van der Waals surface area contributed by atoms with Gasteiger partial charge < -0.3 is 15.4 Å². The van der Waals surface area contributed by atoms with Gasteiger partial charge in [-0.3, -0.25) is 4.79 Å². The van der Waals surface area contributed by atoms with Gasteiger partial charge in [0.25, 0.3) is 0 Å². The Morgan fingerprint density at radius 2 is 2.04 bits per heavy atom. The van der Waals surface area contributed by atoms with Crippen LogP contribution in [0.15, 0.2) is 29.2 Å². The molecule has 7 heteroatoms.